The van der Waals surface area contributed by atoms with E-state index in [-0.39, 0.29) is 14.6 Å². The zero-order chi connectivity index (χ0) is 19.8. The van der Waals surface area contributed by atoms with Crippen molar-refractivity contribution in [3.8, 4) is 11.5 Å². The number of alkyl halides is 3. The van der Waals surface area contributed by atoms with Crippen LogP contribution in [0.4, 0.5) is 18.9 Å². The Morgan fingerprint density at radius 1 is 1.07 bits per heavy atom. The molecule has 0 spiro atoms. The van der Waals surface area contributed by atoms with Crippen molar-refractivity contribution in [3.05, 3.63) is 51.9 Å². The Hall–Kier alpha value is -2.45. The van der Waals surface area contributed by atoms with Gasteiger partial charge in [0.1, 0.15) is 16.4 Å². The van der Waals surface area contributed by atoms with Crippen LogP contribution in [0, 0.1) is 0 Å². The number of amides is 1. The van der Waals surface area contributed by atoms with Gasteiger partial charge in [0.2, 0.25) is 0 Å². The van der Waals surface area contributed by atoms with E-state index in [1.165, 1.54) is 20.3 Å². The molecule has 4 nitrogen and oxygen atoms in total. The van der Waals surface area contributed by atoms with Crippen molar-refractivity contribution in [3.63, 3.8) is 0 Å². The number of anilines is 1. The lowest BCUT2D eigenvalue weighted by molar-refractivity contribution is -0.137. The van der Waals surface area contributed by atoms with Crippen LogP contribution in [0.25, 0.3) is 10.1 Å². The van der Waals surface area contributed by atoms with E-state index in [9.17, 15) is 18.0 Å². The minimum Gasteiger partial charge on any atom is -0.497 e. The molecule has 3 rings (SSSR count). The summed E-state index contributed by atoms with van der Waals surface area (Å²) in [5, 5.41) is 3.16. The zero-order valence-corrected chi connectivity index (χ0v) is 15.7. The van der Waals surface area contributed by atoms with Crippen LogP contribution >= 0.6 is 22.9 Å². The number of carbonyl (C=O) groups excluding carboxylic acids is 1. The summed E-state index contributed by atoms with van der Waals surface area (Å²) < 4.78 is 49.2. The van der Waals surface area contributed by atoms with Gasteiger partial charge in [0.15, 0.2) is 0 Å². The van der Waals surface area contributed by atoms with E-state index < -0.39 is 17.6 Å². The molecule has 0 aliphatic rings. The molecular weight excluding hydrogens is 403 g/mol. The number of thiophene rings is 1. The molecule has 1 amide bonds. The van der Waals surface area contributed by atoms with Gasteiger partial charge in [-0.1, -0.05) is 17.7 Å². The van der Waals surface area contributed by atoms with Gasteiger partial charge in [-0.05, 0) is 12.1 Å². The van der Waals surface area contributed by atoms with Gasteiger partial charge in [-0.3, -0.25) is 4.79 Å². The molecule has 1 heterocycles. The third kappa shape index (κ3) is 3.96. The Morgan fingerprint density at radius 2 is 1.70 bits per heavy atom. The van der Waals surface area contributed by atoms with Crippen molar-refractivity contribution in [1.82, 2.24) is 0 Å². The van der Waals surface area contributed by atoms with Gasteiger partial charge in [-0.2, -0.15) is 13.2 Å². The predicted octanol–water partition coefficient (Wildman–Crippen LogP) is 5.84. The molecule has 9 heteroatoms. The lowest BCUT2D eigenvalue weighted by Crippen LogP contribution is -2.10. The Kier molecular flexibility index (Phi) is 5.21. The second kappa shape index (κ2) is 7.28. The van der Waals surface area contributed by atoms with Gasteiger partial charge in [-0.25, -0.2) is 0 Å². The molecule has 1 N–H and O–H groups in total. The van der Waals surface area contributed by atoms with Crippen LogP contribution in [0.3, 0.4) is 0 Å². The largest absolute Gasteiger partial charge is 0.497 e. The molecule has 0 saturated heterocycles. The van der Waals surface area contributed by atoms with Crippen LogP contribution < -0.4 is 14.8 Å². The van der Waals surface area contributed by atoms with Gasteiger partial charge in [0.25, 0.3) is 5.91 Å². The van der Waals surface area contributed by atoms with Crippen LogP contribution in [0.15, 0.2) is 36.4 Å². The number of nitrogens with one attached hydrogen (secondary N) is 1. The van der Waals surface area contributed by atoms with Crippen molar-refractivity contribution in [2.45, 2.75) is 6.18 Å². The van der Waals surface area contributed by atoms with Crippen molar-refractivity contribution < 1.29 is 27.4 Å². The minimum atomic E-state index is -4.47. The van der Waals surface area contributed by atoms with Crippen LogP contribution in [-0.4, -0.2) is 20.1 Å². The molecule has 0 aliphatic heterocycles. The maximum absolute atomic E-state index is 12.9. The molecule has 1 aromatic heterocycles. The van der Waals surface area contributed by atoms with Gasteiger partial charge >= 0.3 is 6.18 Å². The van der Waals surface area contributed by atoms with Crippen molar-refractivity contribution >= 4 is 44.6 Å². The molecule has 0 atom stereocenters. The summed E-state index contributed by atoms with van der Waals surface area (Å²) >= 11 is 7.12. The third-order valence-electron chi connectivity index (χ3n) is 3.77. The number of fused-ring (bicyclic) bond motifs is 1. The highest BCUT2D eigenvalue weighted by molar-refractivity contribution is 7.21. The fraction of sp³-hybridized carbons (Fsp3) is 0.167. The highest BCUT2D eigenvalue weighted by Gasteiger charge is 2.31. The third-order valence-corrected chi connectivity index (χ3v) is 5.43. The lowest BCUT2D eigenvalue weighted by atomic mass is 10.1. The number of ether oxygens (including phenoxy) is 2. The highest BCUT2D eigenvalue weighted by atomic mass is 35.5. The zero-order valence-electron chi connectivity index (χ0n) is 14.1. The molecule has 3 aromatic rings. The van der Waals surface area contributed by atoms with Crippen LogP contribution in [-0.2, 0) is 6.18 Å². The minimum absolute atomic E-state index is 0.107. The molecule has 0 fully saturated rings. The van der Waals surface area contributed by atoms with Crippen molar-refractivity contribution in [2.24, 2.45) is 0 Å². The van der Waals surface area contributed by atoms with Gasteiger partial charge < -0.3 is 14.8 Å². The topological polar surface area (TPSA) is 47.6 Å². The molecule has 142 valence electrons. The smallest absolute Gasteiger partial charge is 0.416 e. The fourth-order valence-corrected chi connectivity index (χ4v) is 3.91. The average molecular weight is 416 g/mol. The summed E-state index contributed by atoms with van der Waals surface area (Å²) in [6, 6.07) is 8.00. The van der Waals surface area contributed by atoms with Gasteiger partial charge in [0, 0.05) is 34.0 Å². The first kappa shape index (κ1) is 19.3. The number of methoxy groups -OCH3 is 2. The first-order valence-electron chi connectivity index (χ1n) is 7.56. The van der Waals surface area contributed by atoms with Gasteiger partial charge in [-0.15, -0.1) is 11.3 Å². The number of halogens is 4. The number of benzene rings is 2. The van der Waals surface area contributed by atoms with Crippen LogP contribution in [0.1, 0.15) is 15.2 Å². The molecule has 27 heavy (non-hydrogen) atoms. The van der Waals surface area contributed by atoms with E-state index in [2.05, 4.69) is 5.32 Å². The molecular formula is C18H13ClF3NO3S. The summed E-state index contributed by atoms with van der Waals surface area (Å²) in [4.78, 5) is 12.7. The van der Waals surface area contributed by atoms with E-state index in [1.54, 1.807) is 18.2 Å². The van der Waals surface area contributed by atoms with Crippen LogP contribution in [0.2, 0.25) is 5.02 Å². The fourth-order valence-electron chi connectivity index (χ4n) is 2.46. The first-order valence-corrected chi connectivity index (χ1v) is 8.76. The highest BCUT2D eigenvalue weighted by Crippen LogP contribution is 2.39. The van der Waals surface area contributed by atoms with E-state index in [1.807, 2.05) is 0 Å². The summed E-state index contributed by atoms with van der Waals surface area (Å²) in [5.41, 5.74) is -0.391. The lowest BCUT2D eigenvalue weighted by Gasteiger charge is -2.09. The summed E-state index contributed by atoms with van der Waals surface area (Å²) in [5.74, 6) is 0.411. The summed E-state index contributed by atoms with van der Waals surface area (Å²) in [6.45, 7) is 0. The Bertz CT molecular complexity index is 995. The maximum Gasteiger partial charge on any atom is 0.416 e. The molecule has 0 aliphatic carbocycles. The molecule has 0 unspecified atom stereocenters. The van der Waals surface area contributed by atoms with E-state index >= 15 is 0 Å². The Balaban J connectivity index is 1.95. The van der Waals surface area contributed by atoms with Crippen molar-refractivity contribution in [1.29, 1.82) is 0 Å². The molecule has 0 saturated carbocycles. The monoisotopic (exact) mass is 415 g/mol. The maximum atomic E-state index is 12.9. The SMILES string of the molecule is COc1cc(NC(=O)c2sc3cc(C(F)(F)F)ccc3c2Cl)cc(OC)c1. The predicted molar refractivity (Wildman–Crippen MR) is 99.3 cm³/mol. The Labute approximate surface area is 161 Å². The number of hydrogen-bond donors (Lipinski definition) is 1. The second-order valence-corrected chi connectivity index (χ2v) is 6.94. The second-order valence-electron chi connectivity index (χ2n) is 5.51. The average Bonchev–Trinajstić information content (AvgIpc) is 2.97. The molecule has 2 aromatic carbocycles. The molecule has 0 radical (unpaired) electrons. The standard InChI is InChI=1S/C18H13ClF3NO3S/c1-25-11-6-10(7-12(8-11)26-2)23-17(24)16-15(19)13-4-3-9(18(20,21)22)5-14(13)27-16/h3-8H,1-2H3,(H,23,24). The number of rotatable bonds is 4. The first-order chi connectivity index (χ1) is 12.7. The van der Waals surface area contributed by atoms with E-state index in [0.29, 0.717) is 22.6 Å². The Morgan fingerprint density at radius 3 is 2.26 bits per heavy atom. The molecule has 0 bridgehead atoms. The number of hydrogen-bond acceptors (Lipinski definition) is 4. The summed E-state index contributed by atoms with van der Waals surface area (Å²) in [7, 11) is 2.95. The quantitative estimate of drug-likeness (QED) is 0.582. The van der Waals surface area contributed by atoms with Crippen molar-refractivity contribution in [2.75, 3.05) is 19.5 Å². The normalized spacial score (nSPS) is 11.5. The van der Waals surface area contributed by atoms with Gasteiger partial charge in [0.05, 0.1) is 24.8 Å². The number of carbonyl (C=O) groups is 1. The summed E-state index contributed by atoms with van der Waals surface area (Å²) in [6.07, 6.45) is -4.47. The van der Waals surface area contributed by atoms with E-state index in [0.717, 1.165) is 23.5 Å². The van der Waals surface area contributed by atoms with Crippen LogP contribution in [0.5, 0.6) is 11.5 Å². The van der Waals surface area contributed by atoms with E-state index in [4.69, 9.17) is 21.1 Å².